The third-order valence-corrected chi connectivity index (χ3v) is 2.01. The van der Waals surface area contributed by atoms with Crippen LogP contribution in [-0.2, 0) is 0 Å². The van der Waals surface area contributed by atoms with Gasteiger partial charge in [0.15, 0.2) is 0 Å². The summed E-state index contributed by atoms with van der Waals surface area (Å²) in [5.41, 5.74) is 5.60. The quantitative estimate of drug-likeness (QED) is 0.827. The van der Waals surface area contributed by atoms with Gasteiger partial charge in [0.1, 0.15) is 11.6 Å². The van der Waals surface area contributed by atoms with Crippen molar-refractivity contribution in [2.45, 2.75) is 6.61 Å². The Bertz CT molecular complexity index is 488. The molecule has 5 heteroatoms. The maximum atomic E-state index is 12.1. The van der Waals surface area contributed by atoms with E-state index in [1.165, 1.54) is 12.3 Å². The summed E-state index contributed by atoms with van der Waals surface area (Å²) in [5, 5.41) is 1.14. The lowest BCUT2D eigenvalue weighted by molar-refractivity contribution is -0.0487. The van der Waals surface area contributed by atoms with E-state index in [0.29, 0.717) is 16.6 Å². The number of nitrogen functional groups attached to an aromatic ring is 1. The Labute approximate surface area is 84.5 Å². The van der Waals surface area contributed by atoms with Gasteiger partial charge in [-0.2, -0.15) is 8.78 Å². The fraction of sp³-hybridized carbons (Fsp3) is 0.100. The van der Waals surface area contributed by atoms with Crippen LogP contribution in [0.25, 0.3) is 10.8 Å². The topological polar surface area (TPSA) is 48.1 Å². The van der Waals surface area contributed by atoms with Crippen LogP contribution in [0.4, 0.5) is 14.6 Å². The van der Waals surface area contributed by atoms with Gasteiger partial charge in [-0.3, -0.25) is 0 Å². The molecule has 15 heavy (non-hydrogen) atoms. The minimum Gasteiger partial charge on any atom is -0.434 e. The largest absolute Gasteiger partial charge is 0.434 e. The summed E-state index contributed by atoms with van der Waals surface area (Å²) < 4.78 is 28.5. The first-order valence-corrected chi connectivity index (χ1v) is 4.26. The normalized spacial score (nSPS) is 10.9. The number of anilines is 1. The number of hydrogen-bond acceptors (Lipinski definition) is 3. The van der Waals surface area contributed by atoms with Crippen molar-refractivity contribution in [3.63, 3.8) is 0 Å². The Morgan fingerprint density at radius 2 is 2.00 bits per heavy atom. The molecule has 0 saturated heterocycles. The summed E-state index contributed by atoms with van der Waals surface area (Å²) in [6.45, 7) is -2.84. The maximum absolute atomic E-state index is 12.1. The zero-order valence-corrected chi connectivity index (χ0v) is 7.65. The predicted octanol–water partition coefficient (Wildman–Crippen LogP) is 2.42. The van der Waals surface area contributed by atoms with Crippen LogP contribution in [0, 0.1) is 0 Å². The van der Waals surface area contributed by atoms with Crippen LogP contribution >= 0.6 is 0 Å². The third kappa shape index (κ3) is 1.81. The van der Waals surface area contributed by atoms with Crippen molar-refractivity contribution in [2.24, 2.45) is 0 Å². The van der Waals surface area contributed by atoms with E-state index in [-0.39, 0.29) is 5.75 Å². The molecule has 78 valence electrons. The molecule has 1 aromatic heterocycles. The van der Waals surface area contributed by atoms with Crippen LogP contribution in [0.1, 0.15) is 0 Å². The smallest absolute Gasteiger partial charge is 0.387 e. The first kappa shape index (κ1) is 9.64. The molecule has 0 fully saturated rings. The van der Waals surface area contributed by atoms with E-state index in [1.54, 1.807) is 18.2 Å². The van der Waals surface area contributed by atoms with Gasteiger partial charge in [-0.05, 0) is 12.1 Å². The number of ether oxygens (including phenoxy) is 1. The van der Waals surface area contributed by atoms with Crippen molar-refractivity contribution in [1.29, 1.82) is 0 Å². The number of aromatic nitrogens is 1. The fourth-order valence-electron chi connectivity index (χ4n) is 1.40. The van der Waals surface area contributed by atoms with E-state index >= 15 is 0 Å². The van der Waals surface area contributed by atoms with Gasteiger partial charge in [-0.15, -0.1) is 0 Å². The number of fused-ring (bicyclic) bond motifs is 1. The van der Waals surface area contributed by atoms with E-state index in [4.69, 9.17) is 5.73 Å². The van der Waals surface area contributed by atoms with Gasteiger partial charge in [0.2, 0.25) is 0 Å². The van der Waals surface area contributed by atoms with E-state index < -0.39 is 6.61 Å². The molecule has 3 nitrogen and oxygen atoms in total. The molecule has 1 heterocycles. The first-order chi connectivity index (χ1) is 7.18. The van der Waals surface area contributed by atoms with Gasteiger partial charge in [0.05, 0.1) is 0 Å². The zero-order chi connectivity index (χ0) is 10.8. The summed E-state index contributed by atoms with van der Waals surface area (Å²) in [5.74, 6) is 0.406. The number of benzene rings is 1. The molecule has 0 spiro atoms. The standard InChI is InChI=1S/C10H8F2N2O/c11-10(12)15-8-3-1-2-7-6(8)4-5-14-9(7)13/h1-5,10H,(H2,13,14). The minimum atomic E-state index is -2.84. The lowest BCUT2D eigenvalue weighted by Gasteiger charge is -2.08. The van der Waals surface area contributed by atoms with Crippen LogP contribution in [0.15, 0.2) is 30.5 Å². The molecule has 0 unspecified atom stereocenters. The van der Waals surface area contributed by atoms with Crippen LogP contribution in [0.5, 0.6) is 5.75 Å². The van der Waals surface area contributed by atoms with Crippen molar-refractivity contribution in [2.75, 3.05) is 5.73 Å². The van der Waals surface area contributed by atoms with Gasteiger partial charge in [0, 0.05) is 17.0 Å². The molecule has 0 aliphatic heterocycles. The van der Waals surface area contributed by atoms with Crippen molar-refractivity contribution in [3.8, 4) is 5.75 Å². The van der Waals surface area contributed by atoms with Crippen molar-refractivity contribution in [3.05, 3.63) is 30.5 Å². The van der Waals surface area contributed by atoms with Crippen molar-refractivity contribution >= 4 is 16.6 Å². The number of rotatable bonds is 2. The maximum Gasteiger partial charge on any atom is 0.387 e. The summed E-state index contributed by atoms with van der Waals surface area (Å²) in [7, 11) is 0. The van der Waals surface area contributed by atoms with Crippen LogP contribution in [0.3, 0.4) is 0 Å². The van der Waals surface area contributed by atoms with E-state index in [0.717, 1.165) is 0 Å². The summed E-state index contributed by atoms with van der Waals surface area (Å²) in [6, 6.07) is 6.35. The molecule has 0 bridgehead atoms. The van der Waals surface area contributed by atoms with Gasteiger partial charge < -0.3 is 10.5 Å². The number of nitrogens with zero attached hydrogens (tertiary/aromatic N) is 1. The second kappa shape index (κ2) is 3.68. The summed E-state index contributed by atoms with van der Waals surface area (Å²) in [6.07, 6.45) is 1.45. The van der Waals surface area contributed by atoms with Crippen LogP contribution < -0.4 is 10.5 Å². The highest BCUT2D eigenvalue weighted by Gasteiger charge is 2.09. The predicted molar refractivity (Wildman–Crippen MR) is 52.8 cm³/mol. The molecule has 0 saturated carbocycles. The van der Waals surface area contributed by atoms with Gasteiger partial charge >= 0.3 is 6.61 Å². The Morgan fingerprint density at radius 1 is 1.20 bits per heavy atom. The van der Waals surface area contributed by atoms with Crippen LogP contribution in [0.2, 0.25) is 0 Å². The molecule has 0 amide bonds. The molecule has 1 aromatic carbocycles. The molecule has 0 aliphatic carbocycles. The lowest BCUT2D eigenvalue weighted by Crippen LogP contribution is -2.02. The van der Waals surface area contributed by atoms with Gasteiger partial charge in [-0.25, -0.2) is 4.98 Å². The highest BCUT2D eigenvalue weighted by atomic mass is 19.3. The number of pyridine rings is 1. The average molecular weight is 210 g/mol. The zero-order valence-electron chi connectivity index (χ0n) is 7.65. The van der Waals surface area contributed by atoms with E-state index in [1.807, 2.05) is 0 Å². The molecule has 2 aromatic rings. The van der Waals surface area contributed by atoms with Gasteiger partial charge in [-0.1, -0.05) is 12.1 Å². The molecule has 2 rings (SSSR count). The highest BCUT2D eigenvalue weighted by Crippen LogP contribution is 2.28. The minimum absolute atomic E-state index is 0.108. The fourth-order valence-corrected chi connectivity index (χ4v) is 1.40. The second-order valence-electron chi connectivity index (χ2n) is 2.93. The molecular formula is C10H8F2N2O. The number of hydrogen-bond donors (Lipinski definition) is 1. The van der Waals surface area contributed by atoms with Crippen molar-refractivity contribution in [1.82, 2.24) is 4.98 Å². The first-order valence-electron chi connectivity index (χ1n) is 4.26. The monoisotopic (exact) mass is 210 g/mol. The molecule has 0 atom stereocenters. The number of halogens is 2. The average Bonchev–Trinajstić information content (AvgIpc) is 2.19. The SMILES string of the molecule is Nc1nccc2c(OC(F)F)cccc12. The highest BCUT2D eigenvalue weighted by molar-refractivity contribution is 5.94. The number of alkyl halides is 2. The second-order valence-corrected chi connectivity index (χ2v) is 2.93. The molecule has 0 radical (unpaired) electrons. The Hall–Kier alpha value is -1.91. The number of nitrogens with two attached hydrogens (primary N) is 1. The van der Waals surface area contributed by atoms with Crippen molar-refractivity contribution < 1.29 is 13.5 Å². The summed E-state index contributed by atoms with van der Waals surface area (Å²) in [4.78, 5) is 3.86. The molecule has 0 aliphatic rings. The Balaban J connectivity index is 2.61. The Kier molecular flexibility index (Phi) is 2.37. The van der Waals surface area contributed by atoms with Crippen LogP contribution in [-0.4, -0.2) is 11.6 Å². The summed E-state index contributed by atoms with van der Waals surface area (Å²) >= 11 is 0. The molecular weight excluding hydrogens is 202 g/mol. The van der Waals surface area contributed by atoms with E-state index in [2.05, 4.69) is 9.72 Å². The lowest BCUT2D eigenvalue weighted by atomic mass is 10.1. The third-order valence-electron chi connectivity index (χ3n) is 2.01. The van der Waals surface area contributed by atoms with Gasteiger partial charge in [0.25, 0.3) is 0 Å². The molecule has 2 N–H and O–H groups in total. The van der Waals surface area contributed by atoms with E-state index in [9.17, 15) is 8.78 Å². The Morgan fingerprint density at radius 3 is 2.73 bits per heavy atom.